The van der Waals surface area contributed by atoms with E-state index >= 15 is 0 Å². The molecule has 1 aromatic heterocycles. The minimum absolute atomic E-state index is 0.393. The van der Waals surface area contributed by atoms with E-state index in [2.05, 4.69) is 10.4 Å². The van der Waals surface area contributed by atoms with Crippen LogP contribution in [0.5, 0.6) is 0 Å². The molecule has 1 unspecified atom stereocenters. The topological polar surface area (TPSA) is 67.2 Å². The van der Waals surface area contributed by atoms with E-state index in [0.717, 1.165) is 11.4 Å². The molecule has 6 heteroatoms. The summed E-state index contributed by atoms with van der Waals surface area (Å²) in [5.74, 6) is -0.861. The van der Waals surface area contributed by atoms with Gasteiger partial charge in [0.15, 0.2) is 0 Å². The van der Waals surface area contributed by atoms with Crippen LogP contribution in [0.4, 0.5) is 0 Å². The average molecular weight is 274 g/mol. The molecule has 1 aromatic rings. The number of nitrogens with zero attached hydrogens (tertiary/aromatic N) is 2. The van der Waals surface area contributed by atoms with Crippen molar-refractivity contribution >= 4 is 17.6 Å². The summed E-state index contributed by atoms with van der Waals surface area (Å²) in [5, 5.41) is 17.1. The number of carboxylic acid groups (broad SMARTS) is 1. The van der Waals surface area contributed by atoms with Gasteiger partial charge >= 0.3 is 5.97 Å². The third kappa shape index (κ3) is 2.84. The number of hydrogen-bond acceptors (Lipinski definition) is 3. The van der Waals surface area contributed by atoms with Crippen LogP contribution in [-0.2, 0) is 17.9 Å². The second-order valence-electron chi connectivity index (χ2n) is 4.51. The van der Waals surface area contributed by atoms with Gasteiger partial charge in [-0.1, -0.05) is 18.5 Å². The van der Waals surface area contributed by atoms with Gasteiger partial charge in [0.2, 0.25) is 0 Å². The summed E-state index contributed by atoms with van der Waals surface area (Å²) >= 11 is 6.17. The fourth-order valence-electron chi connectivity index (χ4n) is 1.67. The molecule has 0 saturated carbocycles. The third-order valence-electron chi connectivity index (χ3n) is 3.28. The first-order valence-electron chi connectivity index (χ1n) is 6.06. The monoisotopic (exact) mass is 273 g/mol. The second kappa shape index (κ2) is 5.71. The molecule has 102 valence electrons. The third-order valence-corrected chi connectivity index (χ3v) is 3.77. The Morgan fingerprint density at radius 1 is 1.56 bits per heavy atom. The normalized spacial score (nSPS) is 14.5. The van der Waals surface area contributed by atoms with Crippen molar-refractivity contribution in [3.63, 3.8) is 0 Å². The zero-order valence-electron chi connectivity index (χ0n) is 11.2. The number of aryl methyl sites for hydroxylation is 2. The number of carbonyl (C=O) groups is 1. The van der Waals surface area contributed by atoms with Gasteiger partial charge in [-0.15, -0.1) is 0 Å². The van der Waals surface area contributed by atoms with Crippen molar-refractivity contribution in [1.29, 1.82) is 0 Å². The van der Waals surface area contributed by atoms with Crippen molar-refractivity contribution < 1.29 is 9.90 Å². The van der Waals surface area contributed by atoms with E-state index in [1.807, 2.05) is 20.8 Å². The fourth-order valence-corrected chi connectivity index (χ4v) is 1.87. The molecular formula is C12H20ClN3O2. The summed E-state index contributed by atoms with van der Waals surface area (Å²) < 4.78 is 1.79. The van der Waals surface area contributed by atoms with E-state index in [0.29, 0.717) is 24.5 Å². The molecule has 1 heterocycles. The van der Waals surface area contributed by atoms with Gasteiger partial charge in [-0.25, -0.2) is 0 Å². The molecule has 1 rings (SSSR count). The minimum atomic E-state index is -0.944. The summed E-state index contributed by atoms with van der Waals surface area (Å²) in [5.41, 5.74) is 0.654. The molecule has 2 N–H and O–H groups in total. The van der Waals surface area contributed by atoms with E-state index in [-0.39, 0.29) is 0 Å². The molecule has 0 aliphatic rings. The maximum Gasteiger partial charge on any atom is 0.323 e. The van der Waals surface area contributed by atoms with Crippen LogP contribution in [0.25, 0.3) is 0 Å². The van der Waals surface area contributed by atoms with Crippen LogP contribution in [0.15, 0.2) is 0 Å². The lowest BCUT2D eigenvalue weighted by Gasteiger charge is -2.24. The molecule has 0 fully saturated rings. The van der Waals surface area contributed by atoms with Crippen LogP contribution < -0.4 is 5.32 Å². The number of nitrogens with one attached hydrogen (secondary N) is 1. The van der Waals surface area contributed by atoms with Crippen molar-refractivity contribution in [3.8, 4) is 0 Å². The number of rotatable bonds is 6. The molecule has 0 bridgehead atoms. The Bertz CT molecular complexity index is 445. The Morgan fingerprint density at radius 2 is 2.17 bits per heavy atom. The van der Waals surface area contributed by atoms with Gasteiger partial charge in [0, 0.05) is 13.1 Å². The van der Waals surface area contributed by atoms with Crippen molar-refractivity contribution in [1.82, 2.24) is 15.1 Å². The second-order valence-corrected chi connectivity index (χ2v) is 4.88. The summed E-state index contributed by atoms with van der Waals surface area (Å²) in [6.45, 7) is 8.43. The van der Waals surface area contributed by atoms with Gasteiger partial charge in [-0.3, -0.25) is 14.8 Å². The summed E-state index contributed by atoms with van der Waals surface area (Å²) in [4.78, 5) is 11.2. The Hall–Kier alpha value is -1.07. The number of halogens is 1. The first-order valence-corrected chi connectivity index (χ1v) is 6.43. The van der Waals surface area contributed by atoms with Crippen LogP contribution in [0, 0.1) is 6.92 Å². The number of aliphatic carboxylic acids is 1. The van der Waals surface area contributed by atoms with Crippen molar-refractivity contribution in [2.24, 2.45) is 0 Å². The Morgan fingerprint density at radius 3 is 2.61 bits per heavy atom. The highest BCUT2D eigenvalue weighted by atomic mass is 35.5. The Labute approximate surface area is 112 Å². The quantitative estimate of drug-likeness (QED) is 0.834. The lowest BCUT2D eigenvalue weighted by molar-refractivity contribution is -0.144. The largest absolute Gasteiger partial charge is 0.480 e. The Kier molecular flexibility index (Phi) is 4.76. The van der Waals surface area contributed by atoms with E-state index in [4.69, 9.17) is 11.6 Å². The van der Waals surface area contributed by atoms with Crippen LogP contribution in [0.3, 0.4) is 0 Å². The molecule has 1 atom stereocenters. The molecule has 0 aliphatic carbocycles. The molecule has 0 aliphatic heterocycles. The van der Waals surface area contributed by atoms with Gasteiger partial charge < -0.3 is 5.11 Å². The maximum absolute atomic E-state index is 11.2. The highest BCUT2D eigenvalue weighted by Crippen LogP contribution is 2.21. The van der Waals surface area contributed by atoms with Crippen LogP contribution in [0.1, 0.15) is 38.6 Å². The molecule has 18 heavy (non-hydrogen) atoms. The average Bonchev–Trinajstić information content (AvgIpc) is 2.62. The van der Waals surface area contributed by atoms with Crippen LogP contribution >= 0.6 is 11.6 Å². The summed E-state index contributed by atoms with van der Waals surface area (Å²) in [6, 6.07) is 0. The molecule has 0 spiro atoms. The summed E-state index contributed by atoms with van der Waals surface area (Å²) in [6.07, 6.45) is 0.499. The van der Waals surface area contributed by atoms with Crippen LogP contribution in [-0.4, -0.2) is 26.4 Å². The molecule has 0 saturated heterocycles. The first kappa shape index (κ1) is 15.0. The van der Waals surface area contributed by atoms with Gasteiger partial charge in [-0.05, 0) is 27.2 Å². The van der Waals surface area contributed by atoms with Gasteiger partial charge in [0.1, 0.15) is 5.54 Å². The maximum atomic E-state index is 11.2. The van der Waals surface area contributed by atoms with Crippen molar-refractivity contribution in [3.05, 3.63) is 16.4 Å². The zero-order chi connectivity index (χ0) is 13.9. The number of carboxylic acids is 1. The van der Waals surface area contributed by atoms with Gasteiger partial charge in [0.25, 0.3) is 0 Å². The predicted octanol–water partition coefficient (Wildman–Crippen LogP) is 2.21. The standard InChI is InChI=1S/C12H20ClN3O2/c1-5-12(4,11(17)18)14-7-9-10(13)8(3)15-16(9)6-2/h14H,5-7H2,1-4H3,(H,17,18). The van der Waals surface area contributed by atoms with E-state index < -0.39 is 11.5 Å². The van der Waals surface area contributed by atoms with E-state index in [9.17, 15) is 9.90 Å². The molecule has 5 nitrogen and oxygen atoms in total. The smallest absolute Gasteiger partial charge is 0.323 e. The van der Waals surface area contributed by atoms with Crippen LogP contribution in [0.2, 0.25) is 5.02 Å². The molecule has 0 radical (unpaired) electrons. The number of hydrogen-bond donors (Lipinski definition) is 2. The first-order chi connectivity index (χ1) is 8.35. The van der Waals surface area contributed by atoms with Gasteiger partial charge in [0.05, 0.1) is 16.4 Å². The van der Waals surface area contributed by atoms with Crippen molar-refractivity contribution in [2.45, 2.75) is 52.7 Å². The summed E-state index contributed by atoms with van der Waals surface area (Å²) in [7, 11) is 0. The molecular weight excluding hydrogens is 254 g/mol. The lowest BCUT2D eigenvalue weighted by atomic mass is 9.99. The minimum Gasteiger partial charge on any atom is -0.480 e. The SMILES string of the molecule is CCn1nc(C)c(Cl)c1CNC(C)(CC)C(=O)O. The van der Waals surface area contributed by atoms with E-state index in [1.54, 1.807) is 11.6 Å². The predicted molar refractivity (Wildman–Crippen MR) is 70.8 cm³/mol. The number of aromatic nitrogens is 2. The fraction of sp³-hybridized carbons (Fsp3) is 0.667. The van der Waals surface area contributed by atoms with Crippen molar-refractivity contribution in [2.75, 3.05) is 0 Å². The Balaban J connectivity index is 2.89. The van der Waals surface area contributed by atoms with Gasteiger partial charge in [-0.2, -0.15) is 5.10 Å². The molecule has 0 aromatic carbocycles. The lowest BCUT2D eigenvalue weighted by Crippen LogP contribution is -2.48. The zero-order valence-corrected chi connectivity index (χ0v) is 12.0. The van der Waals surface area contributed by atoms with E-state index in [1.165, 1.54) is 0 Å². The highest BCUT2D eigenvalue weighted by molar-refractivity contribution is 6.31. The highest BCUT2D eigenvalue weighted by Gasteiger charge is 2.31. The molecule has 0 amide bonds.